The summed E-state index contributed by atoms with van der Waals surface area (Å²) in [5.74, 6) is 0.0371. The van der Waals surface area contributed by atoms with Gasteiger partial charge >= 0.3 is 0 Å². The fraction of sp³-hybridized carbons (Fsp3) is 0.286. The zero-order valence-corrected chi connectivity index (χ0v) is 14.4. The zero-order valence-electron chi connectivity index (χ0n) is 14.4. The Balaban J connectivity index is 2.09. The van der Waals surface area contributed by atoms with E-state index in [4.69, 9.17) is 0 Å². The first-order chi connectivity index (χ1) is 11.0. The van der Waals surface area contributed by atoms with E-state index in [1.165, 1.54) is 11.1 Å². The monoisotopic (exact) mass is 307 g/mol. The molecule has 2 aromatic carbocycles. The first-order valence-electron chi connectivity index (χ1n) is 8.06. The van der Waals surface area contributed by atoms with Gasteiger partial charge in [0.1, 0.15) is 0 Å². The quantitative estimate of drug-likeness (QED) is 0.558. The predicted octanol–water partition coefficient (Wildman–Crippen LogP) is 4.90. The molecule has 0 aliphatic carbocycles. The van der Waals surface area contributed by atoms with Gasteiger partial charge in [0.05, 0.1) is 0 Å². The smallest absolute Gasteiger partial charge is 0.185 e. The zero-order chi connectivity index (χ0) is 16.8. The number of hydrogen-bond acceptors (Lipinski definition) is 2. The van der Waals surface area contributed by atoms with Crippen LogP contribution in [0.1, 0.15) is 46.4 Å². The van der Waals surface area contributed by atoms with Crippen LogP contribution in [0.15, 0.2) is 54.6 Å². The molecule has 0 spiro atoms. The molecule has 1 unspecified atom stereocenters. The Morgan fingerprint density at radius 2 is 1.65 bits per heavy atom. The Hall–Kier alpha value is -2.19. The van der Waals surface area contributed by atoms with Crippen LogP contribution in [-0.4, -0.2) is 24.8 Å². The van der Waals surface area contributed by atoms with Gasteiger partial charge in [-0.05, 0) is 44.6 Å². The van der Waals surface area contributed by atoms with Gasteiger partial charge in [0, 0.05) is 11.6 Å². The molecule has 0 fully saturated rings. The van der Waals surface area contributed by atoms with Crippen LogP contribution >= 0.6 is 0 Å². The SMILES string of the molecule is CCC(c1ccc(C(=O)/C=C/c2ccc(C)cc2)cc1)N(C)C. The molecular formula is C21H25NO. The molecule has 2 rings (SSSR count). The van der Waals surface area contributed by atoms with Crippen LogP contribution in [0.3, 0.4) is 0 Å². The molecule has 0 saturated carbocycles. The molecule has 2 nitrogen and oxygen atoms in total. The molecule has 2 heteroatoms. The number of hydrogen-bond donors (Lipinski definition) is 0. The van der Waals surface area contributed by atoms with Crippen LogP contribution in [0.5, 0.6) is 0 Å². The molecule has 2 aromatic rings. The number of nitrogens with zero attached hydrogens (tertiary/aromatic N) is 1. The molecule has 23 heavy (non-hydrogen) atoms. The first kappa shape index (κ1) is 17.2. The van der Waals surface area contributed by atoms with Crippen molar-refractivity contribution in [1.82, 2.24) is 4.90 Å². The lowest BCUT2D eigenvalue weighted by molar-refractivity contribution is 0.104. The fourth-order valence-corrected chi connectivity index (χ4v) is 2.71. The molecule has 0 saturated heterocycles. The van der Waals surface area contributed by atoms with Crippen LogP contribution in [0.2, 0.25) is 0 Å². The second-order valence-electron chi connectivity index (χ2n) is 6.12. The third kappa shape index (κ3) is 4.64. The van der Waals surface area contributed by atoms with Gasteiger partial charge in [-0.1, -0.05) is 67.1 Å². The Bertz CT molecular complexity index is 666. The summed E-state index contributed by atoms with van der Waals surface area (Å²) in [6.07, 6.45) is 4.56. The molecule has 0 N–H and O–H groups in total. The lowest BCUT2D eigenvalue weighted by Crippen LogP contribution is -2.19. The minimum Gasteiger partial charge on any atom is -0.302 e. The van der Waals surface area contributed by atoms with Gasteiger partial charge in [0.25, 0.3) is 0 Å². The van der Waals surface area contributed by atoms with Gasteiger partial charge in [0.15, 0.2) is 5.78 Å². The maximum absolute atomic E-state index is 12.3. The van der Waals surface area contributed by atoms with E-state index in [1.807, 2.05) is 42.5 Å². The highest BCUT2D eigenvalue weighted by molar-refractivity contribution is 6.06. The molecule has 0 aromatic heterocycles. The molecule has 0 amide bonds. The summed E-state index contributed by atoms with van der Waals surface area (Å²) >= 11 is 0. The minimum atomic E-state index is 0.0371. The van der Waals surface area contributed by atoms with Crippen LogP contribution in [0, 0.1) is 6.92 Å². The van der Waals surface area contributed by atoms with Crippen molar-refractivity contribution < 1.29 is 4.79 Å². The van der Waals surface area contributed by atoms with E-state index >= 15 is 0 Å². The van der Waals surface area contributed by atoms with Crippen molar-refractivity contribution in [2.75, 3.05) is 14.1 Å². The molecule has 0 aliphatic heterocycles. The normalized spacial score (nSPS) is 12.7. The summed E-state index contributed by atoms with van der Waals surface area (Å²) < 4.78 is 0. The van der Waals surface area contributed by atoms with Crippen molar-refractivity contribution in [3.05, 3.63) is 76.9 Å². The number of ketones is 1. The number of benzene rings is 2. The van der Waals surface area contributed by atoms with Gasteiger partial charge in [-0.15, -0.1) is 0 Å². The van der Waals surface area contributed by atoms with Crippen LogP contribution in [-0.2, 0) is 0 Å². The molecule has 1 atom stereocenters. The summed E-state index contributed by atoms with van der Waals surface area (Å²) in [5, 5.41) is 0. The molecule has 0 heterocycles. The van der Waals surface area contributed by atoms with E-state index < -0.39 is 0 Å². The largest absolute Gasteiger partial charge is 0.302 e. The molecule has 120 valence electrons. The summed E-state index contributed by atoms with van der Waals surface area (Å²) in [7, 11) is 4.16. The van der Waals surface area contributed by atoms with Gasteiger partial charge in [-0.25, -0.2) is 0 Å². The van der Waals surface area contributed by atoms with E-state index in [-0.39, 0.29) is 5.78 Å². The Labute approximate surface area is 139 Å². The van der Waals surface area contributed by atoms with Crippen molar-refractivity contribution >= 4 is 11.9 Å². The highest BCUT2D eigenvalue weighted by atomic mass is 16.1. The summed E-state index contributed by atoms with van der Waals surface area (Å²) in [5.41, 5.74) is 4.23. The van der Waals surface area contributed by atoms with E-state index in [0.717, 1.165) is 17.5 Å². The van der Waals surface area contributed by atoms with E-state index in [1.54, 1.807) is 6.08 Å². The topological polar surface area (TPSA) is 20.3 Å². The van der Waals surface area contributed by atoms with E-state index in [0.29, 0.717) is 6.04 Å². The Morgan fingerprint density at radius 1 is 1.04 bits per heavy atom. The third-order valence-electron chi connectivity index (χ3n) is 4.09. The van der Waals surface area contributed by atoms with Gasteiger partial charge < -0.3 is 4.90 Å². The van der Waals surface area contributed by atoms with Gasteiger partial charge in [-0.2, -0.15) is 0 Å². The number of rotatable bonds is 6. The van der Waals surface area contributed by atoms with Crippen molar-refractivity contribution in [2.24, 2.45) is 0 Å². The predicted molar refractivity (Wildman–Crippen MR) is 97.7 cm³/mol. The van der Waals surface area contributed by atoms with Crippen molar-refractivity contribution in [3.8, 4) is 0 Å². The summed E-state index contributed by atoms with van der Waals surface area (Å²) in [6, 6.07) is 16.5. The van der Waals surface area contributed by atoms with Crippen LogP contribution in [0.25, 0.3) is 6.08 Å². The van der Waals surface area contributed by atoms with Crippen molar-refractivity contribution in [3.63, 3.8) is 0 Å². The average molecular weight is 307 g/mol. The number of allylic oxidation sites excluding steroid dienone is 1. The summed E-state index contributed by atoms with van der Waals surface area (Å²) in [6.45, 7) is 4.23. The van der Waals surface area contributed by atoms with Gasteiger partial charge in [-0.3, -0.25) is 4.79 Å². The fourth-order valence-electron chi connectivity index (χ4n) is 2.71. The lowest BCUT2D eigenvalue weighted by Gasteiger charge is -2.23. The minimum absolute atomic E-state index is 0.0371. The average Bonchev–Trinajstić information content (AvgIpc) is 2.55. The number of aryl methyl sites for hydroxylation is 1. The maximum Gasteiger partial charge on any atom is 0.185 e. The summed E-state index contributed by atoms with van der Waals surface area (Å²) in [4.78, 5) is 14.5. The molecule has 0 aliphatic rings. The lowest BCUT2D eigenvalue weighted by atomic mass is 10.0. The van der Waals surface area contributed by atoms with E-state index in [9.17, 15) is 4.79 Å². The third-order valence-corrected chi connectivity index (χ3v) is 4.09. The number of carbonyl (C=O) groups excluding carboxylic acids is 1. The number of carbonyl (C=O) groups is 1. The molecular weight excluding hydrogens is 282 g/mol. The van der Waals surface area contributed by atoms with Crippen molar-refractivity contribution in [1.29, 1.82) is 0 Å². The standard InChI is InChI=1S/C21H25NO/c1-5-20(22(3)4)18-11-13-19(14-12-18)21(23)15-10-17-8-6-16(2)7-9-17/h6-15,20H,5H2,1-4H3/b15-10+. The Morgan fingerprint density at radius 3 is 2.17 bits per heavy atom. The highest BCUT2D eigenvalue weighted by Crippen LogP contribution is 2.22. The van der Waals surface area contributed by atoms with E-state index in [2.05, 4.69) is 45.0 Å². The molecule has 0 radical (unpaired) electrons. The first-order valence-corrected chi connectivity index (χ1v) is 8.06. The van der Waals surface area contributed by atoms with Crippen LogP contribution < -0.4 is 0 Å². The van der Waals surface area contributed by atoms with Crippen molar-refractivity contribution in [2.45, 2.75) is 26.3 Å². The highest BCUT2D eigenvalue weighted by Gasteiger charge is 2.12. The second kappa shape index (κ2) is 7.89. The Kier molecular flexibility index (Phi) is 5.89. The molecule has 0 bridgehead atoms. The maximum atomic E-state index is 12.3. The van der Waals surface area contributed by atoms with Crippen LogP contribution in [0.4, 0.5) is 0 Å². The van der Waals surface area contributed by atoms with Gasteiger partial charge in [0.2, 0.25) is 0 Å². The second-order valence-corrected chi connectivity index (χ2v) is 6.12.